The molecule has 0 unspecified atom stereocenters. The van der Waals surface area contributed by atoms with E-state index >= 15 is 0 Å². The number of hydrogen-bond acceptors (Lipinski definition) is 2. The number of hydrogen-bond donors (Lipinski definition) is 1. The zero-order valence-corrected chi connectivity index (χ0v) is 14.4. The van der Waals surface area contributed by atoms with Gasteiger partial charge in [-0.1, -0.05) is 35.3 Å². The number of carbonyl (C=O) groups is 2. The lowest BCUT2D eigenvalue weighted by Crippen LogP contribution is -2.35. The highest BCUT2D eigenvalue weighted by molar-refractivity contribution is 6.42. The Kier molecular flexibility index (Phi) is 6.17. The third-order valence-electron chi connectivity index (χ3n) is 3.25. The molecule has 0 aromatic heterocycles. The van der Waals surface area contributed by atoms with Gasteiger partial charge in [0.2, 0.25) is 11.8 Å². The first-order valence-electron chi connectivity index (χ1n) is 7.08. The molecule has 0 heterocycles. The monoisotopic (exact) mass is 368 g/mol. The Morgan fingerprint density at radius 3 is 2.54 bits per heavy atom. The van der Waals surface area contributed by atoms with Crippen LogP contribution >= 0.6 is 23.2 Å². The fourth-order valence-electron chi connectivity index (χ4n) is 2.03. The average molecular weight is 369 g/mol. The van der Waals surface area contributed by atoms with Crippen LogP contribution in [0.25, 0.3) is 0 Å². The van der Waals surface area contributed by atoms with Crippen LogP contribution in [-0.2, 0) is 16.0 Å². The summed E-state index contributed by atoms with van der Waals surface area (Å²) in [5, 5.41) is 3.32. The molecule has 2 aromatic carbocycles. The Morgan fingerprint density at radius 2 is 1.88 bits per heavy atom. The molecule has 2 aromatic rings. The predicted octanol–water partition coefficient (Wildman–Crippen LogP) is 3.77. The molecular weight excluding hydrogens is 354 g/mol. The van der Waals surface area contributed by atoms with Gasteiger partial charge in [-0.05, 0) is 35.9 Å². The molecule has 0 aliphatic rings. The van der Waals surface area contributed by atoms with E-state index in [-0.39, 0.29) is 18.9 Å². The highest BCUT2D eigenvalue weighted by Crippen LogP contribution is 2.23. The molecule has 0 radical (unpaired) electrons. The van der Waals surface area contributed by atoms with Crippen molar-refractivity contribution in [2.24, 2.45) is 0 Å². The van der Waals surface area contributed by atoms with Crippen molar-refractivity contribution in [1.29, 1.82) is 0 Å². The van der Waals surface area contributed by atoms with Gasteiger partial charge in [0.1, 0.15) is 5.82 Å². The molecule has 0 saturated carbocycles. The molecule has 0 saturated heterocycles. The minimum absolute atomic E-state index is 0.0979. The van der Waals surface area contributed by atoms with Crippen LogP contribution in [0.5, 0.6) is 0 Å². The lowest BCUT2D eigenvalue weighted by atomic mass is 10.1. The largest absolute Gasteiger partial charge is 0.336 e. The van der Waals surface area contributed by atoms with Gasteiger partial charge in [-0.25, -0.2) is 4.39 Å². The van der Waals surface area contributed by atoms with Crippen LogP contribution in [0.4, 0.5) is 10.1 Å². The smallest absolute Gasteiger partial charge is 0.243 e. The molecule has 0 spiro atoms. The molecule has 2 rings (SSSR count). The number of halogens is 3. The molecular formula is C17H15Cl2FN2O2. The molecule has 4 nitrogen and oxygen atoms in total. The van der Waals surface area contributed by atoms with Gasteiger partial charge < -0.3 is 10.2 Å². The van der Waals surface area contributed by atoms with Crippen LogP contribution in [0.15, 0.2) is 42.5 Å². The average Bonchev–Trinajstić information content (AvgIpc) is 2.50. The Labute approximate surface area is 149 Å². The van der Waals surface area contributed by atoms with Crippen LogP contribution in [0.2, 0.25) is 10.0 Å². The van der Waals surface area contributed by atoms with Crippen molar-refractivity contribution in [2.75, 3.05) is 18.9 Å². The Hall–Kier alpha value is -2.11. The molecule has 0 aliphatic carbocycles. The maximum Gasteiger partial charge on any atom is 0.243 e. The maximum atomic E-state index is 13.1. The maximum absolute atomic E-state index is 13.1. The second-order valence-corrected chi connectivity index (χ2v) is 6.05. The summed E-state index contributed by atoms with van der Waals surface area (Å²) < 4.78 is 13.1. The summed E-state index contributed by atoms with van der Waals surface area (Å²) in [7, 11) is 1.52. The van der Waals surface area contributed by atoms with E-state index in [1.807, 2.05) is 0 Å². The molecule has 0 fully saturated rings. The van der Waals surface area contributed by atoms with Crippen LogP contribution in [0, 0.1) is 5.82 Å². The van der Waals surface area contributed by atoms with E-state index in [1.165, 1.54) is 30.1 Å². The number of anilines is 1. The van der Waals surface area contributed by atoms with Crippen molar-refractivity contribution in [2.45, 2.75) is 6.42 Å². The Bertz CT molecular complexity index is 768. The fraction of sp³-hybridized carbons (Fsp3) is 0.176. The Balaban J connectivity index is 1.90. The van der Waals surface area contributed by atoms with E-state index in [4.69, 9.17) is 23.2 Å². The SMILES string of the molecule is CN(CC(=O)Nc1cccc(F)c1)C(=O)Cc1ccc(Cl)c(Cl)c1. The highest BCUT2D eigenvalue weighted by atomic mass is 35.5. The van der Waals surface area contributed by atoms with E-state index < -0.39 is 11.7 Å². The summed E-state index contributed by atoms with van der Waals surface area (Å²) in [6.45, 7) is -0.142. The van der Waals surface area contributed by atoms with Crippen LogP contribution in [-0.4, -0.2) is 30.3 Å². The third-order valence-corrected chi connectivity index (χ3v) is 3.99. The molecule has 0 bridgehead atoms. The number of nitrogens with one attached hydrogen (secondary N) is 1. The standard InChI is InChI=1S/C17H15Cl2FN2O2/c1-22(10-16(23)21-13-4-2-3-12(20)9-13)17(24)8-11-5-6-14(18)15(19)7-11/h2-7,9H,8,10H2,1H3,(H,21,23). The van der Waals surface area contributed by atoms with E-state index in [1.54, 1.807) is 24.3 Å². The summed E-state index contributed by atoms with van der Waals surface area (Å²) in [6, 6.07) is 10.5. The van der Waals surface area contributed by atoms with Crippen molar-refractivity contribution in [3.05, 3.63) is 63.9 Å². The first-order chi connectivity index (χ1) is 11.3. The van der Waals surface area contributed by atoms with Crippen molar-refractivity contribution >= 4 is 40.7 Å². The fourth-order valence-corrected chi connectivity index (χ4v) is 2.35. The summed E-state index contributed by atoms with van der Waals surface area (Å²) in [4.78, 5) is 25.4. The zero-order valence-electron chi connectivity index (χ0n) is 12.9. The minimum atomic E-state index is -0.447. The lowest BCUT2D eigenvalue weighted by molar-refractivity contribution is -0.132. The van der Waals surface area contributed by atoms with Gasteiger partial charge in [-0.2, -0.15) is 0 Å². The molecule has 2 amide bonds. The van der Waals surface area contributed by atoms with E-state index in [0.717, 1.165) is 0 Å². The first-order valence-corrected chi connectivity index (χ1v) is 7.84. The highest BCUT2D eigenvalue weighted by Gasteiger charge is 2.14. The van der Waals surface area contributed by atoms with Gasteiger partial charge in [-0.3, -0.25) is 9.59 Å². The predicted molar refractivity (Wildman–Crippen MR) is 92.8 cm³/mol. The Morgan fingerprint density at radius 1 is 1.12 bits per heavy atom. The number of benzene rings is 2. The topological polar surface area (TPSA) is 49.4 Å². The van der Waals surface area contributed by atoms with E-state index in [2.05, 4.69) is 5.32 Å². The van der Waals surface area contributed by atoms with Crippen molar-refractivity contribution in [3.8, 4) is 0 Å². The van der Waals surface area contributed by atoms with Crippen molar-refractivity contribution < 1.29 is 14.0 Å². The summed E-state index contributed by atoms with van der Waals surface area (Å²) >= 11 is 11.7. The molecule has 1 N–H and O–H groups in total. The van der Waals surface area contributed by atoms with Gasteiger partial charge in [0.15, 0.2) is 0 Å². The number of carbonyl (C=O) groups excluding carboxylic acids is 2. The van der Waals surface area contributed by atoms with Gasteiger partial charge in [0, 0.05) is 12.7 Å². The van der Waals surface area contributed by atoms with Gasteiger partial charge >= 0.3 is 0 Å². The van der Waals surface area contributed by atoms with Crippen molar-refractivity contribution in [3.63, 3.8) is 0 Å². The minimum Gasteiger partial charge on any atom is -0.336 e. The zero-order chi connectivity index (χ0) is 17.7. The second-order valence-electron chi connectivity index (χ2n) is 5.23. The number of rotatable bonds is 5. The van der Waals surface area contributed by atoms with Gasteiger partial charge in [-0.15, -0.1) is 0 Å². The molecule has 0 aliphatic heterocycles. The van der Waals surface area contributed by atoms with E-state index in [9.17, 15) is 14.0 Å². The molecule has 126 valence electrons. The van der Waals surface area contributed by atoms with Gasteiger partial charge in [0.25, 0.3) is 0 Å². The summed E-state index contributed by atoms with van der Waals surface area (Å²) in [6.07, 6.45) is 0.0979. The normalized spacial score (nSPS) is 10.3. The van der Waals surface area contributed by atoms with Crippen molar-refractivity contribution in [1.82, 2.24) is 4.90 Å². The lowest BCUT2D eigenvalue weighted by Gasteiger charge is -2.17. The van der Waals surface area contributed by atoms with Crippen LogP contribution in [0.1, 0.15) is 5.56 Å². The third kappa shape index (κ3) is 5.22. The second kappa shape index (κ2) is 8.13. The van der Waals surface area contributed by atoms with Crippen LogP contribution < -0.4 is 5.32 Å². The molecule has 0 atom stereocenters. The number of nitrogens with zero attached hydrogens (tertiary/aromatic N) is 1. The quantitative estimate of drug-likeness (QED) is 0.872. The van der Waals surface area contributed by atoms with Gasteiger partial charge in [0.05, 0.1) is 23.0 Å². The summed E-state index contributed by atoms with van der Waals surface area (Å²) in [5.41, 5.74) is 1.04. The van der Waals surface area contributed by atoms with Crippen LogP contribution in [0.3, 0.4) is 0 Å². The summed E-state index contributed by atoms with van der Waals surface area (Å²) in [5.74, 6) is -1.11. The number of likely N-dealkylation sites (N-methyl/N-ethyl adjacent to an activating group) is 1. The molecule has 24 heavy (non-hydrogen) atoms. The number of amides is 2. The molecule has 7 heteroatoms. The first kappa shape index (κ1) is 18.2. The van der Waals surface area contributed by atoms with E-state index in [0.29, 0.717) is 21.3 Å².